The zero-order valence-electron chi connectivity index (χ0n) is 10.6. The Morgan fingerprint density at radius 1 is 1.50 bits per heavy atom. The molecule has 110 valence electrons. The lowest BCUT2D eigenvalue weighted by molar-refractivity contribution is -0.390. The molecule has 1 aromatic rings. The number of aromatic nitrogens is 1. The van der Waals surface area contributed by atoms with Crippen molar-refractivity contribution in [2.45, 2.75) is 25.6 Å². The number of hydrogen-bond donors (Lipinski definition) is 3. The van der Waals surface area contributed by atoms with E-state index in [0.29, 0.717) is 0 Å². The van der Waals surface area contributed by atoms with Crippen molar-refractivity contribution in [1.29, 1.82) is 0 Å². The van der Waals surface area contributed by atoms with Crippen LogP contribution in [0.4, 0.5) is 5.82 Å². The second kappa shape index (κ2) is 6.78. The zero-order valence-corrected chi connectivity index (χ0v) is 10.6. The molecule has 0 amide bonds. The van der Waals surface area contributed by atoms with Gasteiger partial charge in [0.2, 0.25) is 5.75 Å². The van der Waals surface area contributed by atoms with Gasteiger partial charge in [-0.15, -0.1) is 0 Å². The minimum absolute atomic E-state index is 0.130. The lowest BCUT2D eigenvalue weighted by Gasteiger charge is -2.14. The summed E-state index contributed by atoms with van der Waals surface area (Å²) in [6.07, 6.45) is -3.62. The number of ether oxygens (including phenoxy) is 1. The van der Waals surface area contributed by atoms with Crippen LogP contribution in [0.2, 0.25) is 0 Å². The number of pyridine rings is 1. The molecule has 0 saturated heterocycles. The van der Waals surface area contributed by atoms with E-state index in [1.165, 1.54) is 0 Å². The number of carbonyl (C=O) groups is 1. The average molecular weight is 286 g/mol. The van der Waals surface area contributed by atoms with E-state index in [-0.39, 0.29) is 12.3 Å². The Hall–Kier alpha value is -2.26. The van der Waals surface area contributed by atoms with Crippen molar-refractivity contribution in [1.82, 2.24) is 4.98 Å². The molecular formula is C11H14N2O7. The van der Waals surface area contributed by atoms with E-state index in [9.17, 15) is 30.2 Å². The Kier molecular flexibility index (Phi) is 5.35. The first kappa shape index (κ1) is 15.8. The number of hydrogen-bond acceptors (Lipinski definition) is 8. The van der Waals surface area contributed by atoms with Crippen molar-refractivity contribution in [2.24, 2.45) is 0 Å². The van der Waals surface area contributed by atoms with E-state index < -0.39 is 41.1 Å². The third kappa shape index (κ3) is 3.87. The third-order valence-corrected chi connectivity index (χ3v) is 2.40. The van der Waals surface area contributed by atoms with Crippen molar-refractivity contribution in [3.63, 3.8) is 0 Å². The summed E-state index contributed by atoms with van der Waals surface area (Å²) in [6, 6.07) is 2.09. The Morgan fingerprint density at radius 3 is 2.70 bits per heavy atom. The number of carbonyl (C=O) groups excluding carboxylic acids is 1. The highest BCUT2D eigenvalue weighted by molar-refractivity contribution is 5.70. The van der Waals surface area contributed by atoms with Crippen LogP contribution in [-0.2, 0) is 9.53 Å². The Labute approximate surface area is 113 Å². The van der Waals surface area contributed by atoms with Crippen LogP contribution in [-0.4, -0.2) is 43.9 Å². The van der Waals surface area contributed by atoms with Gasteiger partial charge < -0.3 is 30.2 Å². The summed E-state index contributed by atoms with van der Waals surface area (Å²) in [5.74, 6) is -2.22. The molecule has 0 saturated carbocycles. The van der Waals surface area contributed by atoms with Crippen LogP contribution in [0, 0.1) is 10.1 Å². The molecular weight excluding hydrogens is 272 g/mol. The highest BCUT2D eigenvalue weighted by Crippen LogP contribution is 2.26. The van der Waals surface area contributed by atoms with Gasteiger partial charge in [0.15, 0.2) is 5.69 Å². The summed E-state index contributed by atoms with van der Waals surface area (Å²) < 4.78 is 4.60. The van der Waals surface area contributed by atoms with Gasteiger partial charge in [0.25, 0.3) is 0 Å². The molecule has 0 aliphatic rings. The SMILES string of the molecule is CCOC(=O)CC(O)C(O)c1ccc(O)c([N+](=O)[O-])n1. The van der Waals surface area contributed by atoms with Crippen LogP contribution in [0.25, 0.3) is 0 Å². The average Bonchev–Trinajstić information content (AvgIpc) is 2.38. The van der Waals surface area contributed by atoms with Crippen molar-refractivity contribution >= 4 is 11.8 Å². The monoisotopic (exact) mass is 286 g/mol. The van der Waals surface area contributed by atoms with Crippen molar-refractivity contribution in [3.05, 3.63) is 27.9 Å². The van der Waals surface area contributed by atoms with Crippen LogP contribution < -0.4 is 0 Å². The molecule has 1 rings (SSSR count). The van der Waals surface area contributed by atoms with E-state index >= 15 is 0 Å². The first-order valence-electron chi connectivity index (χ1n) is 5.72. The number of aromatic hydroxyl groups is 1. The Bertz CT molecular complexity index is 506. The van der Waals surface area contributed by atoms with Gasteiger partial charge in [0.1, 0.15) is 6.10 Å². The second-order valence-corrected chi connectivity index (χ2v) is 3.86. The molecule has 0 aliphatic carbocycles. The minimum atomic E-state index is -1.61. The largest absolute Gasteiger partial charge is 0.501 e. The summed E-state index contributed by atoms with van der Waals surface area (Å²) >= 11 is 0. The molecule has 3 N–H and O–H groups in total. The molecule has 1 heterocycles. The number of nitro groups is 1. The second-order valence-electron chi connectivity index (χ2n) is 3.86. The van der Waals surface area contributed by atoms with E-state index in [1.54, 1.807) is 6.92 Å². The van der Waals surface area contributed by atoms with E-state index in [1.807, 2.05) is 0 Å². The fraction of sp³-hybridized carbons (Fsp3) is 0.455. The maximum Gasteiger partial charge on any atom is 0.406 e. The molecule has 1 aromatic heterocycles. The highest BCUT2D eigenvalue weighted by Gasteiger charge is 2.28. The summed E-state index contributed by atoms with van der Waals surface area (Å²) in [5.41, 5.74) is -0.230. The number of aliphatic hydroxyl groups is 2. The fourth-order valence-electron chi connectivity index (χ4n) is 1.45. The van der Waals surface area contributed by atoms with E-state index in [4.69, 9.17) is 0 Å². The number of rotatable bonds is 6. The van der Waals surface area contributed by atoms with Gasteiger partial charge in [-0.3, -0.25) is 4.79 Å². The zero-order chi connectivity index (χ0) is 15.3. The molecule has 2 unspecified atom stereocenters. The molecule has 20 heavy (non-hydrogen) atoms. The first-order valence-corrected chi connectivity index (χ1v) is 5.72. The predicted octanol–water partition coefficient (Wildman–Crippen LogP) is 0.0429. The normalized spacial score (nSPS) is 13.6. The van der Waals surface area contributed by atoms with Gasteiger partial charge in [-0.05, 0) is 29.0 Å². The topological polar surface area (TPSA) is 143 Å². The molecule has 2 atom stereocenters. The van der Waals surface area contributed by atoms with Gasteiger partial charge >= 0.3 is 11.8 Å². The van der Waals surface area contributed by atoms with E-state index in [2.05, 4.69) is 9.72 Å². The molecule has 9 heteroatoms. The smallest absolute Gasteiger partial charge is 0.406 e. The van der Waals surface area contributed by atoms with E-state index in [0.717, 1.165) is 12.1 Å². The summed E-state index contributed by atoms with van der Waals surface area (Å²) in [6.45, 7) is 1.72. The van der Waals surface area contributed by atoms with Crippen LogP contribution in [0.3, 0.4) is 0 Å². The van der Waals surface area contributed by atoms with Gasteiger partial charge in [0, 0.05) is 0 Å². The third-order valence-electron chi connectivity index (χ3n) is 2.40. The molecule has 0 bridgehead atoms. The van der Waals surface area contributed by atoms with Gasteiger partial charge in [-0.25, -0.2) is 0 Å². The number of esters is 1. The number of nitrogens with zero attached hydrogens (tertiary/aromatic N) is 2. The van der Waals surface area contributed by atoms with Gasteiger partial charge in [-0.1, -0.05) is 0 Å². The summed E-state index contributed by atoms with van der Waals surface area (Å²) in [5, 5.41) is 39.2. The predicted molar refractivity (Wildman–Crippen MR) is 64.8 cm³/mol. The van der Waals surface area contributed by atoms with Gasteiger partial charge in [-0.2, -0.15) is 0 Å². The maximum atomic E-state index is 11.2. The van der Waals surface area contributed by atoms with Crippen molar-refractivity contribution in [3.8, 4) is 5.75 Å². The van der Waals surface area contributed by atoms with Crippen molar-refractivity contribution < 1.29 is 29.8 Å². The molecule has 0 fully saturated rings. The summed E-state index contributed by atoms with van der Waals surface area (Å²) in [7, 11) is 0. The van der Waals surface area contributed by atoms with Crippen LogP contribution in [0.5, 0.6) is 5.75 Å². The fourth-order valence-corrected chi connectivity index (χ4v) is 1.45. The molecule has 9 nitrogen and oxygen atoms in total. The first-order chi connectivity index (χ1) is 9.36. The lowest BCUT2D eigenvalue weighted by Crippen LogP contribution is -2.24. The maximum absolute atomic E-state index is 11.2. The molecule has 0 aliphatic heterocycles. The summed E-state index contributed by atoms with van der Waals surface area (Å²) in [4.78, 5) is 24.3. The minimum Gasteiger partial charge on any atom is -0.501 e. The Balaban J connectivity index is 2.86. The number of aliphatic hydroxyl groups excluding tert-OH is 2. The lowest BCUT2D eigenvalue weighted by atomic mass is 10.1. The van der Waals surface area contributed by atoms with Crippen LogP contribution in [0.1, 0.15) is 25.1 Å². The van der Waals surface area contributed by atoms with Crippen molar-refractivity contribution in [2.75, 3.05) is 6.61 Å². The van der Waals surface area contributed by atoms with Crippen LogP contribution in [0.15, 0.2) is 12.1 Å². The highest BCUT2D eigenvalue weighted by atomic mass is 16.6. The van der Waals surface area contributed by atoms with Gasteiger partial charge in [0.05, 0.1) is 19.1 Å². The van der Waals surface area contributed by atoms with Crippen LogP contribution >= 0.6 is 0 Å². The molecule has 0 spiro atoms. The standard InChI is InChI=1S/C11H14N2O7/c1-2-20-9(16)5-8(15)10(17)6-3-4-7(14)11(12-6)13(18)19/h3-4,8,10,14-15,17H,2,5H2,1H3. The molecule has 0 aromatic carbocycles. The molecule has 0 radical (unpaired) electrons. The Morgan fingerprint density at radius 2 is 2.15 bits per heavy atom. The quantitative estimate of drug-likeness (QED) is 0.378.